The number of benzene rings is 1. The van der Waals surface area contributed by atoms with E-state index in [1.165, 1.54) is 19.1 Å². The maximum Gasteiger partial charge on any atom is 0.282 e. The monoisotopic (exact) mass is 238 g/mol. The number of nitrogens with one attached hydrogen (secondary N) is 1. The third kappa shape index (κ3) is 3.25. The summed E-state index contributed by atoms with van der Waals surface area (Å²) in [6.45, 7) is 3.21. The number of aliphatic hydroxyl groups is 1. The van der Waals surface area contributed by atoms with Gasteiger partial charge in [0.25, 0.3) is 11.6 Å². The first-order chi connectivity index (χ1) is 7.93. The molecule has 2 N–H and O–H groups in total. The van der Waals surface area contributed by atoms with Gasteiger partial charge in [0.15, 0.2) is 0 Å². The molecule has 1 amide bonds. The Morgan fingerprint density at radius 1 is 1.59 bits per heavy atom. The van der Waals surface area contributed by atoms with Gasteiger partial charge in [0.2, 0.25) is 0 Å². The first-order valence-electron chi connectivity index (χ1n) is 5.13. The summed E-state index contributed by atoms with van der Waals surface area (Å²) < 4.78 is 0. The Morgan fingerprint density at radius 2 is 2.24 bits per heavy atom. The lowest BCUT2D eigenvalue weighted by Gasteiger charge is -2.09. The summed E-state index contributed by atoms with van der Waals surface area (Å²) in [6, 6.07) is 4.44. The minimum Gasteiger partial charge on any atom is -0.392 e. The van der Waals surface area contributed by atoms with Crippen LogP contribution in [-0.2, 0) is 0 Å². The van der Waals surface area contributed by atoms with Crippen LogP contribution in [0.25, 0.3) is 0 Å². The van der Waals surface area contributed by atoms with Crippen molar-refractivity contribution in [2.75, 3.05) is 6.54 Å². The minimum atomic E-state index is -0.693. The van der Waals surface area contributed by atoms with E-state index in [1.54, 1.807) is 13.0 Å². The van der Waals surface area contributed by atoms with E-state index < -0.39 is 16.9 Å². The van der Waals surface area contributed by atoms with Crippen molar-refractivity contribution in [3.8, 4) is 0 Å². The van der Waals surface area contributed by atoms with E-state index in [9.17, 15) is 14.9 Å². The molecule has 0 aliphatic carbocycles. The van der Waals surface area contributed by atoms with Crippen LogP contribution in [0.2, 0.25) is 0 Å². The van der Waals surface area contributed by atoms with Crippen LogP contribution in [-0.4, -0.2) is 28.6 Å². The topological polar surface area (TPSA) is 92.5 Å². The van der Waals surface area contributed by atoms with Crippen molar-refractivity contribution in [1.82, 2.24) is 5.32 Å². The van der Waals surface area contributed by atoms with Gasteiger partial charge in [-0.3, -0.25) is 14.9 Å². The molecular weight excluding hydrogens is 224 g/mol. The molecule has 0 aliphatic heterocycles. The first-order valence-corrected chi connectivity index (χ1v) is 5.13. The third-order valence-corrected chi connectivity index (χ3v) is 2.23. The number of carbonyl (C=O) groups is 1. The number of nitro groups is 1. The Labute approximate surface area is 98.4 Å². The number of hydrogen-bond donors (Lipinski definition) is 2. The number of carbonyl (C=O) groups excluding carboxylic acids is 1. The van der Waals surface area contributed by atoms with Gasteiger partial charge in [-0.25, -0.2) is 0 Å². The largest absolute Gasteiger partial charge is 0.392 e. The fraction of sp³-hybridized carbons (Fsp3) is 0.364. The van der Waals surface area contributed by atoms with E-state index in [2.05, 4.69) is 5.32 Å². The zero-order valence-electron chi connectivity index (χ0n) is 9.64. The van der Waals surface area contributed by atoms with Gasteiger partial charge in [-0.15, -0.1) is 0 Å². The first kappa shape index (κ1) is 13.1. The van der Waals surface area contributed by atoms with Crippen LogP contribution in [0.1, 0.15) is 22.8 Å². The molecule has 0 saturated carbocycles. The van der Waals surface area contributed by atoms with Crippen LogP contribution in [0.3, 0.4) is 0 Å². The van der Waals surface area contributed by atoms with Crippen LogP contribution in [0.15, 0.2) is 18.2 Å². The number of nitro benzene ring substituents is 1. The Bertz CT molecular complexity index is 443. The summed E-state index contributed by atoms with van der Waals surface area (Å²) in [4.78, 5) is 22.0. The van der Waals surface area contributed by atoms with Crippen molar-refractivity contribution < 1.29 is 14.8 Å². The molecule has 1 atom stereocenters. The van der Waals surface area contributed by atoms with Crippen molar-refractivity contribution >= 4 is 11.6 Å². The number of nitrogens with zero attached hydrogens (tertiary/aromatic N) is 1. The van der Waals surface area contributed by atoms with Crippen molar-refractivity contribution in [2.24, 2.45) is 0 Å². The predicted octanol–water partition coefficient (Wildman–Crippen LogP) is 1.01. The van der Waals surface area contributed by atoms with E-state index in [0.717, 1.165) is 0 Å². The summed E-state index contributed by atoms with van der Waals surface area (Å²) >= 11 is 0. The molecule has 1 aromatic carbocycles. The van der Waals surface area contributed by atoms with Gasteiger partial charge in [-0.2, -0.15) is 0 Å². The van der Waals surface area contributed by atoms with Crippen LogP contribution in [0, 0.1) is 17.0 Å². The van der Waals surface area contributed by atoms with E-state index >= 15 is 0 Å². The highest BCUT2D eigenvalue weighted by molar-refractivity contribution is 5.99. The van der Waals surface area contributed by atoms with Gasteiger partial charge in [0, 0.05) is 12.6 Å². The molecule has 0 radical (unpaired) electrons. The fourth-order valence-electron chi connectivity index (χ4n) is 1.43. The van der Waals surface area contributed by atoms with E-state index in [0.29, 0.717) is 5.56 Å². The molecule has 0 aromatic heterocycles. The molecule has 1 rings (SSSR count). The molecule has 0 saturated heterocycles. The van der Waals surface area contributed by atoms with Gasteiger partial charge in [0.05, 0.1) is 11.0 Å². The van der Waals surface area contributed by atoms with E-state index in [1.807, 2.05) is 0 Å². The maximum atomic E-state index is 11.8. The SMILES string of the molecule is Cc1cccc([N+](=O)[O-])c1C(=O)NCC(C)O. The predicted molar refractivity (Wildman–Crippen MR) is 61.8 cm³/mol. The molecule has 1 unspecified atom stereocenters. The number of aryl methyl sites for hydroxylation is 1. The quantitative estimate of drug-likeness (QED) is 0.605. The van der Waals surface area contributed by atoms with Crippen molar-refractivity contribution in [2.45, 2.75) is 20.0 Å². The average molecular weight is 238 g/mol. The molecular formula is C11H14N2O4. The second-order valence-electron chi connectivity index (χ2n) is 3.79. The number of rotatable bonds is 4. The molecule has 0 aliphatic rings. The van der Waals surface area contributed by atoms with Gasteiger partial charge < -0.3 is 10.4 Å². The highest BCUT2D eigenvalue weighted by atomic mass is 16.6. The van der Waals surface area contributed by atoms with Gasteiger partial charge >= 0.3 is 0 Å². The third-order valence-electron chi connectivity index (χ3n) is 2.23. The highest BCUT2D eigenvalue weighted by Crippen LogP contribution is 2.21. The maximum absolute atomic E-state index is 11.8. The zero-order valence-corrected chi connectivity index (χ0v) is 9.64. The normalized spacial score (nSPS) is 11.9. The minimum absolute atomic E-state index is 0.0400. The number of amides is 1. The second-order valence-corrected chi connectivity index (χ2v) is 3.79. The van der Waals surface area contributed by atoms with Crippen LogP contribution in [0.4, 0.5) is 5.69 Å². The van der Waals surface area contributed by atoms with Crippen LogP contribution < -0.4 is 5.32 Å². The summed E-state index contributed by atoms with van der Waals surface area (Å²) in [5, 5.41) is 22.3. The molecule has 6 nitrogen and oxygen atoms in total. The van der Waals surface area contributed by atoms with Crippen molar-refractivity contribution in [3.63, 3.8) is 0 Å². The van der Waals surface area contributed by atoms with E-state index in [4.69, 9.17) is 5.11 Å². The van der Waals surface area contributed by atoms with Crippen LogP contribution >= 0.6 is 0 Å². The lowest BCUT2D eigenvalue weighted by molar-refractivity contribution is -0.385. The highest BCUT2D eigenvalue weighted by Gasteiger charge is 2.21. The van der Waals surface area contributed by atoms with Crippen molar-refractivity contribution in [1.29, 1.82) is 0 Å². The average Bonchev–Trinajstić information content (AvgIpc) is 2.25. The summed E-state index contributed by atoms with van der Waals surface area (Å²) in [7, 11) is 0. The Hall–Kier alpha value is -1.95. The summed E-state index contributed by atoms with van der Waals surface area (Å²) in [5.74, 6) is -0.546. The molecule has 17 heavy (non-hydrogen) atoms. The van der Waals surface area contributed by atoms with Crippen LogP contribution in [0.5, 0.6) is 0 Å². The smallest absolute Gasteiger partial charge is 0.282 e. The van der Waals surface area contributed by atoms with Crippen molar-refractivity contribution in [3.05, 3.63) is 39.4 Å². The second kappa shape index (κ2) is 5.40. The Kier molecular flexibility index (Phi) is 4.17. The Balaban J connectivity index is 3.03. The lowest BCUT2D eigenvalue weighted by atomic mass is 10.1. The Morgan fingerprint density at radius 3 is 2.76 bits per heavy atom. The number of aliphatic hydroxyl groups excluding tert-OH is 1. The summed E-state index contributed by atoms with van der Waals surface area (Å²) in [6.07, 6.45) is -0.693. The molecule has 92 valence electrons. The van der Waals surface area contributed by atoms with Gasteiger partial charge in [0.1, 0.15) is 5.56 Å². The standard InChI is InChI=1S/C11H14N2O4/c1-7-4-3-5-9(13(16)17)10(7)11(15)12-6-8(2)14/h3-5,8,14H,6H2,1-2H3,(H,12,15). The van der Waals surface area contributed by atoms with Gasteiger partial charge in [-0.1, -0.05) is 12.1 Å². The fourth-order valence-corrected chi connectivity index (χ4v) is 1.43. The lowest BCUT2D eigenvalue weighted by Crippen LogP contribution is -2.31. The molecule has 0 bridgehead atoms. The molecule has 6 heteroatoms. The van der Waals surface area contributed by atoms with E-state index in [-0.39, 0.29) is 17.8 Å². The molecule has 1 aromatic rings. The number of hydrogen-bond acceptors (Lipinski definition) is 4. The molecule has 0 heterocycles. The molecule has 0 fully saturated rings. The summed E-state index contributed by atoms with van der Waals surface area (Å²) in [5.41, 5.74) is 0.341. The molecule has 0 spiro atoms. The van der Waals surface area contributed by atoms with Gasteiger partial charge in [-0.05, 0) is 19.4 Å². The zero-order chi connectivity index (χ0) is 13.0.